The van der Waals surface area contributed by atoms with Crippen LogP contribution in [0.15, 0.2) is 17.3 Å². The molecule has 0 saturated heterocycles. The molecule has 0 amide bonds. The Morgan fingerprint density at radius 3 is 3.09 bits per heavy atom. The number of rotatable bonds is 3. The first-order chi connectivity index (χ1) is 5.34. The van der Waals surface area contributed by atoms with Gasteiger partial charge in [-0.05, 0) is 12.8 Å². The Hall–Kier alpha value is -1.12. The molecule has 1 N–H and O–H groups in total. The van der Waals surface area contributed by atoms with Crippen LogP contribution in [0, 0.1) is 0 Å². The monoisotopic (exact) mass is 152 g/mol. The molecule has 1 rings (SSSR count). The van der Waals surface area contributed by atoms with Crippen LogP contribution in [-0.4, -0.2) is 9.97 Å². The van der Waals surface area contributed by atoms with Gasteiger partial charge in [0.2, 0.25) is 0 Å². The Bertz CT molecular complexity index is 267. The minimum atomic E-state index is -0.00606. The van der Waals surface area contributed by atoms with E-state index in [-0.39, 0.29) is 5.56 Å². The molecule has 1 aromatic heterocycles. The zero-order valence-corrected chi connectivity index (χ0v) is 6.63. The lowest BCUT2D eigenvalue weighted by Crippen LogP contribution is -2.11. The molecule has 0 aromatic carbocycles. The first kappa shape index (κ1) is 7.98. The van der Waals surface area contributed by atoms with E-state index in [9.17, 15) is 4.79 Å². The van der Waals surface area contributed by atoms with E-state index in [1.54, 1.807) is 6.20 Å². The minimum absolute atomic E-state index is 0.00606. The third-order valence-corrected chi connectivity index (χ3v) is 1.59. The molecule has 0 aliphatic heterocycles. The number of nitrogens with zero attached hydrogens (tertiary/aromatic N) is 1. The normalized spacial score (nSPS) is 9.91. The largest absolute Gasteiger partial charge is 0.313 e. The second-order valence-electron chi connectivity index (χ2n) is 2.51. The van der Waals surface area contributed by atoms with Crippen molar-refractivity contribution in [2.24, 2.45) is 0 Å². The summed E-state index contributed by atoms with van der Waals surface area (Å²) >= 11 is 0. The summed E-state index contributed by atoms with van der Waals surface area (Å²) in [4.78, 5) is 17.4. The zero-order chi connectivity index (χ0) is 8.10. The molecule has 60 valence electrons. The molecule has 0 unspecified atom stereocenters. The lowest BCUT2D eigenvalue weighted by atomic mass is 10.1. The highest BCUT2D eigenvalue weighted by Gasteiger charge is 1.96. The summed E-state index contributed by atoms with van der Waals surface area (Å²) in [5.74, 6) is 0. The molecule has 3 nitrogen and oxygen atoms in total. The number of nitrogens with one attached hydrogen (secondary N) is 1. The van der Waals surface area contributed by atoms with Crippen LogP contribution in [0.5, 0.6) is 0 Å². The highest BCUT2D eigenvalue weighted by molar-refractivity contribution is 5.02. The van der Waals surface area contributed by atoms with Gasteiger partial charge < -0.3 is 4.98 Å². The highest BCUT2D eigenvalue weighted by atomic mass is 16.1. The molecular weight excluding hydrogens is 140 g/mol. The van der Waals surface area contributed by atoms with Crippen molar-refractivity contribution in [2.45, 2.75) is 26.2 Å². The Morgan fingerprint density at radius 1 is 1.64 bits per heavy atom. The molecule has 0 radical (unpaired) electrons. The van der Waals surface area contributed by atoms with Crippen molar-refractivity contribution in [1.82, 2.24) is 9.97 Å². The first-order valence-corrected chi connectivity index (χ1v) is 3.86. The second kappa shape index (κ2) is 3.91. The van der Waals surface area contributed by atoms with Gasteiger partial charge in [-0.2, -0.15) is 0 Å². The predicted molar refractivity (Wildman–Crippen MR) is 43.5 cm³/mol. The van der Waals surface area contributed by atoms with Crippen LogP contribution in [0.2, 0.25) is 0 Å². The number of aromatic nitrogens is 2. The topological polar surface area (TPSA) is 45.8 Å². The van der Waals surface area contributed by atoms with Gasteiger partial charge in [0.25, 0.3) is 5.56 Å². The van der Waals surface area contributed by atoms with Crippen molar-refractivity contribution in [1.29, 1.82) is 0 Å². The van der Waals surface area contributed by atoms with Crippen LogP contribution in [-0.2, 0) is 6.42 Å². The molecule has 3 heteroatoms. The van der Waals surface area contributed by atoms with Gasteiger partial charge in [-0.3, -0.25) is 4.79 Å². The molecule has 1 aromatic rings. The molecule has 1 heterocycles. The van der Waals surface area contributed by atoms with Crippen LogP contribution < -0.4 is 5.56 Å². The molecule has 0 saturated carbocycles. The van der Waals surface area contributed by atoms with Gasteiger partial charge in [-0.25, -0.2) is 4.98 Å². The van der Waals surface area contributed by atoms with E-state index < -0.39 is 0 Å². The number of hydrogen-bond donors (Lipinski definition) is 1. The van der Waals surface area contributed by atoms with Gasteiger partial charge in [0.1, 0.15) is 0 Å². The average Bonchev–Trinajstić information content (AvgIpc) is 2.03. The molecule has 0 spiro atoms. The molecule has 11 heavy (non-hydrogen) atoms. The maximum Gasteiger partial charge on any atom is 0.253 e. The van der Waals surface area contributed by atoms with Crippen molar-refractivity contribution in [2.75, 3.05) is 0 Å². The maximum atomic E-state index is 11.0. The summed E-state index contributed by atoms with van der Waals surface area (Å²) in [5, 5.41) is 0. The number of H-pyrrole nitrogens is 1. The summed E-state index contributed by atoms with van der Waals surface area (Å²) in [6.07, 6.45) is 6.04. The number of unbranched alkanes of at least 4 members (excludes halogenated alkanes) is 1. The minimum Gasteiger partial charge on any atom is -0.313 e. The fourth-order valence-electron chi connectivity index (χ4n) is 0.920. The fraction of sp³-hybridized carbons (Fsp3) is 0.500. The van der Waals surface area contributed by atoms with E-state index in [4.69, 9.17) is 0 Å². The molecule has 0 fully saturated rings. The first-order valence-electron chi connectivity index (χ1n) is 3.86. The lowest BCUT2D eigenvalue weighted by Gasteiger charge is -1.94. The zero-order valence-electron chi connectivity index (χ0n) is 6.63. The van der Waals surface area contributed by atoms with Gasteiger partial charge in [0, 0.05) is 11.8 Å². The third-order valence-electron chi connectivity index (χ3n) is 1.59. The van der Waals surface area contributed by atoms with E-state index in [1.807, 2.05) is 0 Å². The van der Waals surface area contributed by atoms with E-state index in [1.165, 1.54) is 6.33 Å². The molecular formula is C8H12N2O. The van der Waals surface area contributed by atoms with Gasteiger partial charge >= 0.3 is 0 Å². The Morgan fingerprint density at radius 2 is 2.45 bits per heavy atom. The highest BCUT2D eigenvalue weighted by Crippen LogP contribution is 1.95. The lowest BCUT2D eigenvalue weighted by molar-refractivity contribution is 0.781. The maximum absolute atomic E-state index is 11.0. The molecule has 0 bridgehead atoms. The standard InChI is InChI=1S/C8H12N2O/c1-2-3-4-7-5-9-6-10-8(7)11/h5-6H,2-4H2,1H3,(H,9,10,11). The summed E-state index contributed by atoms with van der Waals surface area (Å²) in [6.45, 7) is 2.10. The van der Waals surface area contributed by atoms with Crippen molar-refractivity contribution >= 4 is 0 Å². The van der Waals surface area contributed by atoms with Crippen LogP contribution in [0.25, 0.3) is 0 Å². The van der Waals surface area contributed by atoms with Crippen molar-refractivity contribution in [3.05, 3.63) is 28.4 Å². The quantitative estimate of drug-likeness (QED) is 0.705. The van der Waals surface area contributed by atoms with Crippen molar-refractivity contribution in [3.8, 4) is 0 Å². The Labute approximate surface area is 65.5 Å². The number of aromatic amines is 1. The van der Waals surface area contributed by atoms with Gasteiger partial charge in [-0.1, -0.05) is 13.3 Å². The molecule has 0 aliphatic carbocycles. The van der Waals surface area contributed by atoms with E-state index >= 15 is 0 Å². The summed E-state index contributed by atoms with van der Waals surface area (Å²) in [6, 6.07) is 0. The Kier molecular flexibility index (Phi) is 2.83. The predicted octanol–water partition coefficient (Wildman–Crippen LogP) is 1.11. The average molecular weight is 152 g/mol. The van der Waals surface area contributed by atoms with E-state index in [0.29, 0.717) is 0 Å². The van der Waals surface area contributed by atoms with E-state index in [2.05, 4.69) is 16.9 Å². The third kappa shape index (κ3) is 2.18. The van der Waals surface area contributed by atoms with Gasteiger partial charge in [0.15, 0.2) is 0 Å². The smallest absolute Gasteiger partial charge is 0.253 e. The summed E-state index contributed by atoms with van der Waals surface area (Å²) < 4.78 is 0. The second-order valence-corrected chi connectivity index (χ2v) is 2.51. The van der Waals surface area contributed by atoms with Crippen molar-refractivity contribution in [3.63, 3.8) is 0 Å². The van der Waals surface area contributed by atoms with Crippen molar-refractivity contribution < 1.29 is 0 Å². The molecule has 0 atom stereocenters. The van der Waals surface area contributed by atoms with Gasteiger partial charge in [-0.15, -0.1) is 0 Å². The summed E-state index contributed by atoms with van der Waals surface area (Å²) in [7, 11) is 0. The number of aryl methyl sites for hydroxylation is 1. The molecule has 0 aliphatic rings. The van der Waals surface area contributed by atoms with Crippen LogP contribution in [0.1, 0.15) is 25.3 Å². The fourth-order valence-corrected chi connectivity index (χ4v) is 0.920. The number of hydrogen-bond acceptors (Lipinski definition) is 2. The van der Waals surface area contributed by atoms with Crippen LogP contribution in [0.4, 0.5) is 0 Å². The van der Waals surface area contributed by atoms with E-state index in [0.717, 1.165) is 24.8 Å². The SMILES string of the molecule is CCCCc1cnc[nH]c1=O. The Balaban J connectivity index is 2.70. The summed E-state index contributed by atoms with van der Waals surface area (Å²) in [5.41, 5.74) is 0.780. The van der Waals surface area contributed by atoms with Crippen LogP contribution >= 0.6 is 0 Å². The van der Waals surface area contributed by atoms with Crippen LogP contribution in [0.3, 0.4) is 0 Å². The van der Waals surface area contributed by atoms with Gasteiger partial charge in [0.05, 0.1) is 6.33 Å².